The lowest BCUT2D eigenvalue weighted by Crippen LogP contribution is -2.57. The van der Waals surface area contributed by atoms with Crippen LogP contribution in [0, 0.1) is 5.82 Å². The van der Waals surface area contributed by atoms with E-state index in [4.69, 9.17) is 0 Å². The molecule has 0 radical (unpaired) electrons. The number of carbonyl (C=O) groups is 2. The first kappa shape index (κ1) is 29.2. The van der Waals surface area contributed by atoms with Crippen LogP contribution in [0.1, 0.15) is 125 Å². The van der Waals surface area contributed by atoms with Crippen molar-refractivity contribution < 1.29 is 24.2 Å². The summed E-state index contributed by atoms with van der Waals surface area (Å²) in [5.74, 6) is -3.20. The number of hydrogen-bond acceptors (Lipinski definition) is 4. The quantitative estimate of drug-likeness (QED) is 0.329. The molecule has 2 fully saturated rings. The molecule has 4 N–H and O–H groups in total. The van der Waals surface area contributed by atoms with E-state index >= 15 is 4.39 Å². The van der Waals surface area contributed by atoms with Gasteiger partial charge in [-0.15, -0.1) is 0 Å². The number of benzene rings is 2. The van der Waals surface area contributed by atoms with Gasteiger partial charge in [0.05, 0.1) is 11.1 Å². The molecule has 4 rings (SSSR count). The van der Waals surface area contributed by atoms with Crippen molar-refractivity contribution in [2.75, 3.05) is 0 Å². The number of piperidine rings is 2. The molecule has 2 aromatic rings. The standard InChI is InChI=1S/C32H43FN2O4/c1-29(2)14-19(15-30(3,4)34-29)24-13-18(27(36)37)9-10-21(24)22-11-12-23(28(38)39)26(33)25(22)20-16-31(5,6)35-32(7,8)17-20/h9-13,19-20,34-35H,14-17H2,1-8H3,(H,36,37)(H,38,39). The van der Waals surface area contributed by atoms with Crippen LogP contribution in [0.3, 0.4) is 0 Å². The van der Waals surface area contributed by atoms with E-state index in [1.54, 1.807) is 24.3 Å². The molecule has 0 amide bonds. The molecular weight excluding hydrogens is 495 g/mol. The second kappa shape index (κ2) is 9.70. The summed E-state index contributed by atoms with van der Waals surface area (Å²) in [6, 6.07) is 8.17. The predicted octanol–water partition coefficient (Wildman–Crippen LogP) is 6.94. The Morgan fingerprint density at radius 2 is 1.18 bits per heavy atom. The monoisotopic (exact) mass is 538 g/mol. The van der Waals surface area contributed by atoms with E-state index < -0.39 is 17.8 Å². The van der Waals surface area contributed by atoms with Crippen molar-refractivity contribution in [1.29, 1.82) is 0 Å². The van der Waals surface area contributed by atoms with E-state index in [9.17, 15) is 19.8 Å². The average molecular weight is 539 g/mol. The molecule has 39 heavy (non-hydrogen) atoms. The van der Waals surface area contributed by atoms with Gasteiger partial charge in [-0.2, -0.15) is 0 Å². The fourth-order valence-electron chi connectivity index (χ4n) is 7.74. The maximum absolute atomic E-state index is 16.3. The van der Waals surface area contributed by atoms with Crippen LogP contribution >= 0.6 is 0 Å². The lowest BCUT2D eigenvalue weighted by molar-refractivity contribution is 0.0682. The van der Waals surface area contributed by atoms with E-state index in [0.717, 1.165) is 24.0 Å². The largest absolute Gasteiger partial charge is 0.478 e. The zero-order chi connectivity index (χ0) is 29.1. The van der Waals surface area contributed by atoms with Gasteiger partial charge in [-0.1, -0.05) is 12.1 Å². The van der Waals surface area contributed by atoms with E-state index in [0.29, 0.717) is 24.0 Å². The zero-order valence-corrected chi connectivity index (χ0v) is 24.5. The van der Waals surface area contributed by atoms with Crippen molar-refractivity contribution >= 4 is 11.9 Å². The summed E-state index contributed by atoms with van der Waals surface area (Å²) < 4.78 is 16.3. The Labute approximate surface area is 231 Å². The van der Waals surface area contributed by atoms with E-state index in [2.05, 4.69) is 66.0 Å². The highest BCUT2D eigenvalue weighted by molar-refractivity contribution is 5.91. The number of nitrogens with one attached hydrogen (secondary N) is 2. The fourth-order valence-corrected chi connectivity index (χ4v) is 7.74. The van der Waals surface area contributed by atoms with Gasteiger partial charge in [0.25, 0.3) is 0 Å². The van der Waals surface area contributed by atoms with E-state index in [1.165, 1.54) is 6.07 Å². The van der Waals surface area contributed by atoms with Gasteiger partial charge in [0, 0.05) is 22.2 Å². The Kier molecular flexibility index (Phi) is 7.27. The minimum atomic E-state index is -1.30. The maximum Gasteiger partial charge on any atom is 0.338 e. The van der Waals surface area contributed by atoms with Gasteiger partial charge in [0.2, 0.25) is 0 Å². The topological polar surface area (TPSA) is 98.7 Å². The molecule has 0 aliphatic carbocycles. The molecule has 7 heteroatoms. The number of rotatable bonds is 5. The van der Waals surface area contributed by atoms with Crippen molar-refractivity contribution in [1.82, 2.24) is 10.6 Å². The van der Waals surface area contributed by atoms with Crippen LogP contribution in [0.2, 0.25) is 0 Å². The molecule has 2 heterocycles. The van der Waals surface area contributed by atoms with Gasteiger partial charge in [-0.05, 0) is 133 Å². The van der Waals surface area contributed by atoms with Crippen molar-refractivity contribution in [2.45, 2.75) is 115 Å². The maximum atomic E-state index is 16.3. The summed E-state index contributed by atoms with van der Waals surface area (Å²) in [5.41, 5.74) is 1.62. The summed E-state index contributed by atoms with van der Waals surface area (Å²) in [5, 5.41) is 27.0. The van der Waals surface area contributed by atoms with Crippen LogP contribution in [-0.2, 0) is 0 Å². The van der Waals surface area contributed by atoms with Gasteiger partial charge in [0.15, 0.2) is 0 Å². The summed E-state index contributed by atoms with van der Waals surface area (Å²) >= 11 is 0. The molecule has 212 valence electrons. The molecule has 0 atom stereocenters. The highest BCUT2D eigenvalue weighted by atomic mass is 19.1. The molecule has 2 aliphatic rings. The molecule has 0 unspecified atom stereocenters. The Bertz CT molecular complexity index is 1280. The predicted molar refractivity (Wildman–Crippen MR) is 152 cm³/mol. The van der Waals surface area contributed by atoms with Crippen molar-refractivity contribution in [3.05, 3.63) is 58.4 Å². The van der Waals surface area contributed by atoms with Crippen LogP contribution in [0.15, 0.2) is 30.3 Å². The lowest BCUT2D eigenvalue weighted by Gasteiger charge is -2.48. The first-order valence-corrected chi connectivity index (χ1v) is 13.8. The first-order valence-electron chi connectivity index (χ1n) is 13.8. The molecular formula is C32H43FN2O4. The third kappa shape index (κ3) is 6.20. The number of hydrogen-bond donors (Lipinski definition) is 4. The third-order valence-corrected chi connectivity index (χ3v) is 8.23. The summed E-state index contributed by atoms with van der Waals surface area (Å²) in [6.45, 7) is 16.9. The minimum absolute atomic E-state index is 0.0292. The number of carboxylic acids is 2. The molecule has 0 saturated carbocycles. The van der Waals surface area contributed by atoms with Crippen LogP contribution in [0.5, 0.6) is 0 Å². The number of aromatic carboxylic acids is 2. The van der Waals surface area contributed by atoms with Gasteiger partial charge in [-0.25, -0.2) is 14.0 Å². The normalized spacial score (nSPS) is 22.4. The third-order valence-electron chi connectivity index (χ3n) is 8.23. The van der Waals surface area contributed by atoms with E-state index in [-0.39, 0.29) is 45.1 Å². The molecule has 0 spiro atoms. The van der Waals surface area contributed by atoms with Crippen molar-refractivity contribution in [2.24, 2.45) is 0 Å². The highest BCUT2D eigenvalue weighted by Gasteiger charge is 2.42. The van der Waals surface area contributed by atoms with Crippen molar-refractivity contribution in [3.8, 4) is 11.1 Å². The highest BCUT2D eigenvalue weighted by Crippen LogP contribution is 2.48. The Morgan fingerprint density at radius 3 is 1.64 bits per heavy atom. The van der Waals surface area contributed by atoms with Gasteiger partial charge >= 0.3 is 11.9 Å². The molecule has 2 aliphatic heterocycles. The molecule has 6 nitrogen and oxygen atoms in total. The summed E-state index contributed by atoms with van der Waals surface area (Å²) in [4.78, 5) is 24.0. The van der Waals surface area contributed by atoms with Crippen LogP contribution < -0.4 is 10.6 Å². The first-order chi connectivity index (χ1) is 17.8. The van der Waals surface area contributed by atoms with Crippen molar-refractivity contribution in [3.63, 3.8) is 0 Å². The van der Waals surface area contributed by atoms with Crippen LogP contribution in [-0.4, -0.2) is 44.3 Å². The second-order valence-electron chi connectivity index (χ2n) is 14.3. The lowest BCUT2D eigenvalue weighted by atomic mass is 9.69. The summed E-state index contributed by atoms with van der Waals surface area (Å²) in [7, 11) is 0. The Balaban J connectivity index is 1.98. The van der Waals surface area contributed by atoms with E-state index in [1.807, 2.05) is 0 Å². The molecule has 2 saturated heterocycles. The fraction of sp³-hybridized carbons (Fsp3) is 0.562. The van der Waals surface area contributed by atoms with Crippen LogP contribution in [0.25, 0.3) is 11.1 Å². The number of halogens is 1. The molecule has 2 aromatic carbocycles. The molecule has 0 bridgehead atoms. The Morgan fingerprint density at radius 1 is 0.718 bits per heavy atom. The SMILES string of the molecule is CC1(C)CC(c2cc(C(=O)O)ccc2-c2ccc(C(=O)O)c(F)c2C2CC(C)(C)NC(C)(C)C2)CC(C)(C)N1. The van der Waals surface area contributed by atoms with Gasteiger partial charge in [0.1, 0.15) is 5.82 Å². The van der Waals surface area contributed by atoms with Gasteiger partial charge in [-0.3, -0.25) is 0 Å². The zero-order valence-electron chi connectivity index (χ0n) is 24.5. The average Bonchev–Trinajstić information content (AvgIpc) is 2.73. The second-order valence-corrected chi connectivity index (χ2v) is 14.3. The van der Waals surface area contributed by atoms with Crippen LogP contribution in [0.4, 0.5) is 4.39 Å². The summed E-state index contributed by atoms with van der Waals surface area (Å²) in [6.07, 6.45) is 2.84. The number of carboxylic acid groups (broad SMARTS) is 2. The Hall–Kier alpha value is -2.77. The van der Waals surface area contributed by atoms with Gasteiger partial charge < -0.3 is 20.8 Å². The molecule has 0 aromatic heterocycles. The minimum Gasteiger partial charge on any atom is -0.478 e. The smallest absolute Gasteiger partial charge is 0.338 e.